The highest BCUT2D eigenvalue weighted by molar-refractivity contribution is 7.89. The Hall–Kier alpha value is -5.29. The van der Waals surface area contributed by atoms with Crippen molar-refractivity contribution in [2.24, 2.45) is 11.7 Å². The second kappa shape index (κ2) is 20.7. The van der Waals surface area contributed by atoms with Crippen LogP contribution in [0.2, 0.25) is 0 Å². The van der Waals surface area contributed by atoms with Crippen molar-refractivity contribution < 1.29 is 37.1 Å². The van der Waals surface area contributed by atoms with Crippen molar-refractivity contribution >= 4 is 67.3 Å². The van der Waals surface area contributed by atoms with Crippen LogP contribution in [0.25, 0.3) is 22.0 Å². The summed E-state index contributed by atoms with van der Waals surface area (Å²) in [5, 5.41) is 3.96. The molecule has 0 bridgehead atoms. The number of nitrogens with one attached hydrogen (secondary N) is 1. The third-order valence-electron chi connectivity index (χ3n) is 13.8. The average Bonchev–Trinajstić information content (AvgIpc) is 3.85. The molecule has 66 heavy (non-hydrogen) atoms. The highest BCUT2D eigenvalue weighted by Gasteiger charge is 2.40. The molecular formula is C50H60N6O8S2. The molecular weight excluding hydrogens is 877 g/mol. The lowest BCUT2D eigenvalue weighted by molar-refractivity contribution is -0.133. The molecule has 1 atom stereocenters. The van der Waals surface area contributed by atoms with Crippen LogP contribution in [-0.2, 0) is 42.2 Å². The molecule has 0 radical (unpaired) electrons. The Morgan fingerprint density at radius 1 is 0.909 bits per heavy atom. The van der Waals surface area contributed by atoms with Crippen LogP contribution in [-0.4, -0.2) is 119 Å². The fraction of sp³-hybridized carbons (Fsp3) is 0.480. The SMILES string of the molecule is CN1CC(C(=O)CCc2ccc3c(-c4cccc(C(N)=S)c4)cn(C4CCN(S(=O)(=O)CCCCCCCNC(=O)COc5cccc6c5CN(C5CCC(=O)CC5=O)C6=O)CC4)c3c2)C1. The van der Waals surface area contributed by atoms with Crippen molar-refractivity contribution in [3.05, 3.63) is 89.1 Å². The van der Waals surface area contributed by atoms with Crippen molar-refractivity contribution in [2.45, 2.75) is 95.7 Å². The molecule has 16 heteroatoms. The number of carbonyl (C=O) groups excluding carboxylic acids is 5. The minimum Gasteiger partial charge on any atom is -0.483 e. The lowest BCUT2D eigenvalue weighted by Crippen LogP contribution is -2.47. The number of amides is 2. The lowest BCUT2D eigenvalue weighted by atomic mass is 9.92. The van der Waals surface area contributed by atoms with Gasteiger partial charge < -0.3 is 30.2 Å². The summed E-state index contributed by atoms with van der Waals surface area (Å²) >= 11 is 5.29. The summed E-state index contributed by atoms with van der Waals surface area (Å²) in [5.41, 5.74) is 12.1. The standard InChI is InChI=1S/C50H60N6O8S2/c1-53-28-36(29-53)45(58)18-14-33-13-16-39-41(34-9-7-10-35(26-34)49(51)65)30-55(44(39)25-33)37-19-22-54(23-20-37)66(62,63)24-6-4-2-3-5-21-52-48(60)32-64-47-12-8-11-40-42(47)31-56(50(40)61)43-17-15-38(57)27-46(43)59/h7-13,16,25-26,30,36-37,43H,2-6,14-15,17-24,27-29,31-32H2,1H3,(H2,51,65)(H,52,60). The van der Waals surface area contributed by atoms with Gasteiger partial charge in [0, 0.05) is 96.9 Å². The molecule has 3 fully saturated rings. The van der Waals surface area contributed by atoms with Gasteiger partial charge in [0.15, 0.2) is 12.4 Å². The van der Waals surface area contributed by atoms with E-state index in [2.05, 4.69) is 45.2 Å². The van der Waals surface area contributed by atoms with Crippen molar-refractivity contribution in [3.8, 4) is 16.9 Å². The molecule has 1 saturated carbocycles. The van der Waals surface area contributed by atoms with Gasteiger partial charge in [-0.25, -0.2) is 12.7 Å². The maximum Gasteiger partial charge on any atom is 0.257 e. The molecule has 1 unspecified atom stereocenters. The van der Waals surface area contributed by atoms with Crippen LogP contribution in [0.4, 0.5) is 0 Å². The third-order valence-corrected chi connectivity index (χ3v) is 16.0. The van der Waals surface area contributed by atoms with Crippen molar-refractivity contribution in [1.82, 2.24) is 24.0 Å². The van der Waals surface area contributed by atoms with E-state index in [-0.39, 0.29) is 67.1 Å². The summed E-state index contributed by atoms with van der Waals surface area (Å²) in [6.07, 6.45) is 8.95. The number of likely N-dealkylation sites (tertiary alicyclic amines) is 1. The first-order valence-corrected chi connectivity index (χ1v) is 25.4. The van der Waals surface area contributed by atoms with Gasteiger partial charge >= 0.3 is 0 Å². The van der Waals surface area contributed by atoms with Gasteiger partial charge in [-0.05, 0) is 81.0 Å². The number of carbonyl (C=O) groups is 5. The first-order valence-electron chi connectivity index (χ1n) is 23.4. The van der Waals surface area contributed by atoms with Gasteiger partial charge in [-0.2, -0.15) is 0 Å². The number of ketones is 3. The van der Waals surface area contributed by atoms with E-state index in [1.165, 1.54) is 4.90 Å². The first-order chi connectivity index (χ1) is 31.8. The lowest BCUT2D eigenvalue weighted by Gasteiger charge is -2.35. The van der Waals surface area contributed by atoms with Crippen molar-refractivity contribution in [1.29, 1.82) is 0 Å². The van der Waals surface area contributed by atoms with Crippen LogP contribution in [0.15, 0.2) is 66.9 Å². The number of ether oxygens (including phenoxy) is 1. The number of Topliss-reactive ketones (excluding diaryl/α,β-unsaturated/α-hetero) is 3. The van der Waals surface area contributed by atoms with E-state index in [1.54, 1.807) is 22.5 Å². The Balaban J connectivity index is 0.770. The number of piperidine rings is 1. The summed E-state index contributed by atoms with van der Waals surface area (Å²) in [7, 11) is -1.39. The number of rotatable bonds is 20. The van der Waals surface area contributed by atoms with Crippen molar-refractivity contribution in [3.63, 3.8) is 0 Å². The molecule has 1 aromatic heterocycles. The molecule has 14 nitrogen and oxygen atoms in total. The van der Waals surface area contributed by atoms with Crippen LogP contribution in [0.3, 0.4) is 0 Å². The van der Waals surface area contributed by atoms with Gasteiger partial charge in [0.25, 0.3) is 11.8 Å². The minimum atomic E-state index is -3.43. The van der Waals surface area contributed by atoms with Crippen LogP contribution in [0.1, 0.15) is 104 Å². The number of aromatic nitrogens is 1. The van der Waals surface area contributed by atoms with Gasteiger partial charge in [0.2, 0.25) is 10.0 Å². The number of thiocarbonyl (C=S) groups is 1. The maximum atomic E-state index is 13.5. The van der Waals surface area contributed by atoms with Crippen LogP contribution in [0, 0.1) is 5.92 Å². The van der Waals surface area contributed by atoms with Gasteiger partial charge in [0.1, 0.15) is 22.3 Å². The molecule has 8 rings (SSSR count). The number of hydrogen-bond donors (Lipinski definition) is 2. The Bertz CT molecular complexity index is 2630. The van der Waals surface area contributed by atoms with Gasteiger partial charge in [-0.3, -0.25) is 24.0 Å². The molecule has 3 aliphatic heterocycles. The zero-order valence-corrected chi connectivity index (χ0v) is 39.3. The summed E-state index contributed by atoms with van der Waals surface area (Å²) in [5.74, 6) is 0.0669. The highest BCUT2D eigenvalue weighted by atomic mass is 32.2. The molecule has 0 spiro atoms. The van der Waals surface area contributed by atoms with Gasteiger partial charge in [-0.15, -0.1) is 0 Å². The van der Waals surface area contributed by atoms with Crippen molar-refractivity contribution in [2.75, 3.05) is 52.1 Å². The van der Waals surface area contributed by atoms with Gasteiger partial charge in [0.05, 0.1) is 24.8 Å². The topological polar surface area (TPSA) is 181 Å². The number of unbranched alkanes of at least 4 members (excludes halogenated alkanes) is 4. The molecule has 2 saturated heterocycles. The maximum absolute atomic E-state index is 13.5. The molecule has 3 N–H and O–H groups in total. The molecule has 4 heterocycles. The predicted molar refractivity (Wildman–Crippen MR) is 257 cm³/mol. The number of aryl methyl sites for hydroxylation is 1. The summed E-state index contributed by atoms with van der Waals surface area (Å²) in [6.45, 7) is 2.98. The Morgan fingerprint density at radius 2 is 1.67 bits per heavy atom. The molecule has 1 aliphatic carbocycles. The smallest absolute Gasteiger partial charge is 0.257 e. The van der Waals surface area contributed by atoms with Crippen LogP contribution in [0.5, 0.6) is 5.75 Å². The van der Waals surface area contributed by atoms with E-state index in [4.69, 9.17) is 22.7 Å². The second-order valence-electron chi connectivity index (χ2n) is 18.4. The fourth-order valence-corrected chi connectivity index (χ4v) is 11.7. The zero-order chi connectivity index (χ0) is 46.5. The summed E-state index contributed by atoms with van der Waals surface area (Å²) in [6, 6.07) is 19.0. The number of hydrogen-bond acceptors (Lipinski definition) is 10. The number of sulfonamides is 1. The molecule has 350 valence electrons. The average molecular weight is 937 g/mol. The summed E-state index contributed by atoms with van der Waals surface area (Å²) in [4.78, 5) is 66.8. The van der Waals surface area contributed by atoms with Crippen LogP contribution >= 0.6 is 12.2 Å². The van der Waals surface area contributed by atoms with Gasteiger partial charge in [-0.1, -0.05) is 67.9 Å². The van der Waals surface area contributed by atoms with E-state index >= 15 is 0 Å². The number of nitrogens with zero attached hydrogens (tertiary/aromatic N) is 4. The molecule has 4 aromatic rings. The molecule has 4 aliphatic rings. The van der Waals surface area contributed by atoms with E-state index in [0.29, 0.717) is 85.8 Å². The number of benzene rings is 3. The van der Waals surface area contributed by atoms with E-state index in [1.807, 2.05) is 25.2 Å². The monoisotopic (exact) mass is 936 g/mol. The van der Waals surface area contributed by atoms with E-state index in [0.717, 1.165) is 71.9 Å². The quantitative estimate of drug-likeness (QED) is 0.0625. The minimum absolute atomic E-state index is 0.101. The second-order valence-corrected chi connectivity index (χ2v) is 21.0. The molecule has 2 amide bonds. The highest BCUT2D eigenvalue weighted by Crippen LogP contribution is 2.38. The first kappa shape index (κ1) is 47.2. The Morgan fingerprint density at radius 3 is 2.42 bits per heavy atom. The zero-order valence-electron chi connectivity index (χ0n) is 37.7. The number of fused-ring (bicyclic) bond motifs is 2. The fourth-order valence-electron chi connectivity index (χ4n) is 9.99. The van der Waals surface area contributed by atoms with E-state index in [9.17, 15) is 32.4 Å². The van der Waals surface area contributed by atoms with Crippen LogP contribution < -0.4 is 15.8 Å². The Kier molecular flexibility index (Phi) is 14.8. The predicted octanol–water partition coefficient (Wildman–Crippen LogP) is 5.76. The van der Waals surface area contributed by atoms with E-state index < -0.39 is 16.1 Å². The largest absolute Gasteiger partial charge is 0.483 e. The summed E-state index contributed by atoms with van der Waals surface area (Å²) < 4.78 is 36.8. The Labute approximate surface area is 392 Å². The third kappa shape index (κ3) is 10.8. The normalized spacial score (nSPS) is 18.7. The molecule has 3 aromatic carbocycles. The number of nitrogens with two attached hydrogens (primary N) is 1.